The van der Waals surface area contributed by atoms with Crippen molar-refractivity contribution in [3.8, 4) is 11.5 Å². The third-order valence-electron chi connectivity index (χ3n) is 3.84. The highest BCUT2D eigenvalue weighted by Crippen LogP contribution is 2.56. The largest absolute Gasteiger partial charge is 0.493 e. The Bertz CT molecular complexity index is 456. The summed E-state index contributed by atoms with van der Waals surface area (Å²) in [6.45, 7) is 2.79. The van der Waals surface area contributed by atoms with Crippen molar-refractivity contribution in [1.82, 2.24) is 0 Å². The topological polar surface area (TPSA) is 44.5 Å². The molecule has 0 spiro atoms. The van der Waals surface area contributed by atoms with E-state index in [1.807, 2.05) is 6.07 Å². The first kappa shape index (κ1) is 13.7. The molecule has 4 heteroatoms. The molecule has 3 nitrogen and oxygen atoms in total. The number of aryl methyl sites for hydroxylation is 1. The maximum Gasteiger partial charge on any atom is 0.165 e. The fourth-order valence-corrected chi connectivity index (χ4v) is 3.46. The van der Waals surface area contributed by atoms with Gasteiger partial charge in [-0.1, -0.05) is 22.9 Å². The van der Waals surface area contributed by atoms with E-state index in [1.54, 1.807) is 14.2 Å². The van der Waals surface area contributed by atoms with E-state index in [0.29, 0.717) is 6.54 Å². The van der Waals surface area contributed by atoms with Gasteiger partial charge in [-0.15, -0.1) is 0 Å². The molecular weight excluding hydrogens is 294 g/mol. The SMILES string of the molecule is CCc1cc(OC)c(OC)c(C2(CN)CC2)c1Br. The normalized spacial score (nSPS) is 16.5. The van der Waals surface area contributed by atoms with Crippen LogP contribution in [0.2, 0.25) is 0 Å². The Morgan fingerprint density at radius 2 is 2.00 bits per heavy atom. The second-order valence-corrected chi connectivity index (χ2v) is 5.59. The van der Waals surface area contributed by atoms with Gasteiger partial charge in [0.25, 0.3) is 0 Å². The summed E-state index contributed by atoms with van der Waals surface area (Å²) in [5.41, 5.74) is 8.45. The molecule has 0 radical (unpaired) electrons. The quantitative estimate of drug-likeness (QED) is 0.908. The highest BCUT2D eigenvalue weighted by molar-refractivity contribution is 9.10. The summed E-state index contributed by atoms with van der Waals surface area (Å²) in [7, 11) is 3.36. The van der Waals surface area contributed by atoms with Crippen LogP contribution in [0.15, 0.2) is 10.5 Å². The molecule has 1 fully saturated rings. The van der Waals surface area contributed by atoms with Gasteiger partial charge in [0.1, 0.15) is 0 Å². The van der Waals surface area contributed by atoms with Gasteiger partial charge in [0.05, 0.1) is 14.2 Å². The zero-order valence-corrected chi connectivity index (χ0v) is 12.8. The molecule has 0 atom stereocenters. The maximum atomic E-state index is 5.96. The predicted octanol–water partition coefficient (Wildman–Crippen LogP) is 3.02. The van der Waals surface area contributed by atoms with Gasteiger partial charge in [-0.05, 0) is 30.9 Å². The van der Waals surface area contributed by atoms with Crippen molar-refractivity contribution in [1.29, 1.82) is 0 Å². The van der Waals surface area contributed by atoms with Crippen LogP contribution in [-0.4, -0.2) is 20.8 Å². The molecule has 0 aliphatic heterocycles. The summed E-state index contributed by atoms with van der Waals surface area (Å²) in [5, 5.41) is 0. The Morgan fingerprint density at radius 1 is 1.33 bits per heavy atom. The van der Waals surface area contributed by atoms with Crippen LogP contribution in [0.5, 0.6) is 11.5 Å². The molecule has 18 heavy (non-hydrogen) atoms. The average Bonchev–Trinajstić information content (AvgIpc) is 3.18. The lowest BCUT2D eigenvalue weighted by Crippen LogP contribution is -2.21. The number of halogens is 1. The molecule has 0 heterocycles. The van der Waals surface area contributed by atoms with E-state index in [4.69, 9.17) is 15.2 Å². The second-order valence-electron chi connectivity index (χ2n) is 4.80. The Kier molecular flexibility index (Phi) is 3.87. The first-order valence-electron chi connectivity index (χ1n) is 6.27. The van der Waals surface area contributed by atoms with Crippen molar-refractivity contribution in [2.75, 3.05) is 20.8 Å². The van der Waals surface area contributed by atoms with Gasteiger partial charge in [-0.25, -0.2) is 0 Å². The molecule has 2 rings (SSSR count). The maximum absolute atomic E-state index is 5.96. The zero-order valence-electron chi connectivity index (χ0n) is 11.2. The molecule has 1 aromatic carbocycles. The lowest BCUT2D eigenvalue weighted by Gasteiger charge is -2.23. The van der Waals surface area contributed by atoms with Crippen molar-refractivity contribution < 1.29 is 9.47 Å². The number of hydrogen-bond donors (Lipinski definition) is 1. The molecule has 0 unspecified atom stereocenters. The van der Waals surface area contributed by atoms with Crippen molar-refractivity contribution in [3.63, 3.8) is 0 Å². The third-order valence-corrected chi connectivity index (χ3v) is 4.74. The minimum absolute atomic E-state index is 0.0721. The van der Waals surface area contributed by atoms with E-state index in [2.05, 4.69) is 22.9 Å². The van der Waals surface area contributed by atoms with Crippen LogP contribution in [0.25, 0.3) is 0 Å². The highest BCUT2D eigenvalue weighted by Gasteiger charge is 2.47. The van der Waals surface area contributed by atoms with Crippen LogP contribution in [0.3, 0.4) is 0 Å². The Hall–Kier alpha value is -0.740. The molecule has 0 amide bonds. The van der Waals surface area contributed by atoms with Crippen LogP contribution in [0, 0.1) is 0 Å². The lowest BCUT2D eigenvalue weighted by atomic mass is 9.92. The van der Waals surface area contributed by atoms with Crippen LogP contribution in [0.4, 0.5) is 0 Å². The Morgan fingerprint density at radius 3 is 2.39 bits per heavy atom. The van der Waals surface area contributed by atoms with Gasteiger partial charge >= 0.3 is 0 Å². The summed E-state index contributed by atoms with van der Waals surface area (Å²) in [6, 6.07) is 2.04. The van der Waals surface area contributed by atoms with E-state index in [0.717, 1.165) is 35.2 Å². The van der Waals surface area contributed by atoms with E-state index in [-0.39, 0.29) is 5.41 Å². The van der Waals surface area contributed by atoms with E-state index in [9.17, 15) is 0 Å². The summed E-state index contributed by atoms with van der Waals surface area (Å²) in [6.07, 6.45) is 3.19. The molecule has 1 aromatic rings. The molecule has 2 N–H and O–H groups in total. The monoisotopic (exact) mass is 313 g/mol. The predicted molar refractivity (Wildman–Crippen MR) is 76.6 cm³/mol. The van der Waals surface area contributed by atoms with Gasteiger partial charge < -0.3 is 15.2 Å². The third kappa shape index (κ3) is 2.01. The molecule has 0 saturated heterocycles. The summed E-state index contributed by atoms with van der Waals surface area (Å²) < 4.78 is 12.2. The second kappa shape index (κ2) is 5.10. The first-order valence-corrected chi connectivity index (χ1v) is 7.06. The highest BCUT2D eigenvalue weighted by atomic mass is 79.9. The van der Waals surface area contributed by atoms with Gasteiger partial charge in [-0.3, -0.25) is 0 Å². The molecule has 100 valence electrons. The van der Waals surface area contributed by atoms with Gasteiger partial charge in [0.15, 0.2) is 11.5 Å². The van der Waals surface area contributed by atoms with Gasteiger partial charge in [0, 0.05) is 22.0 Å². The van der Waals surface area contributed by atoms with Crippen LogP contribution in [-0.2, 0) is 11.8 Å². The molecule has 0 aromatic heterocycles. The number of hydrogen-bond acceptors (Lipinski definition) is 3. The van der Waals surface area contributed by atoms with E-state index < -0.39 is 0 Å². The van der Waals surface area contributed by atoms with Crippen LogP contribution < -0.4 is 15.2 Å². The number of nitrogens with two attached hydrogens (primary N) is 1. The molecule has 1 saturated carbocycles. The lowest BCUT2D eigenvalue weighted by molar-refractivity contribution is 0.347. The fourth-order valence-electron chi connectivity index (χ4n) is 2.46. The van der Waals surface area contributed by atoms with E-state index in [1.165, 1.54) is 11.1 Å². The summed E-state index contributed by atoms with van der Waals surface area (Å²) >= 11 is 3.72. The van der Waals surface area contributed by atoms with Crippen molar-refractivity contribution >= 4 is 15.9 Å². The molecule has 1 aliphatic carbocycles. The van der Waals surface area contributed by atoms with Crippen molar-refractivity contribution in [2.24, 2.45) is 5.73 Å². The number of methoxy groups -OCH3 is 2. The average molecular weight is 314 g/mol. The Labute approximate surface area is 117 Å². The standard InChI is InChI=1S/C14H20BrNO2/c1-4-9-7-10(17-2)13(18-3)11(12(9)15)14(8-16)5-6-14/h7H,4-6,8,16H2,1-3H3. The Balaban J connectivity index is 2.67. The summed E-state index contributed by atoms with van der Waals surface area (Å²) in [4.78, 5) is 0. The van der Waals surface area contributed by atoms with E-state index >= 15 is 0 Å². The minimum Gasteiger partial charge on any atom is -0.493 e. The molecule has 1 aliphatic rings. The fraction of sp³-hybridized carbons (Fsp3) is 0.571. The smallest absolute Gasteiger partial charge is 0.165 e. The van der Waals surface area contributed by atoms with Gasteiger partial charge in [0.2, 0.25) is 0 Å². The molecular formula is C14H20BrNO2. The van der Waals surface area contributed by atoms with Gasteiger partial charge in [-0.2, -0.15) is 0 Å². The van der Waals surface area contributed by atoms with Crippen LogP contribution >= 0.6 is 15.9 Å². The number of ether oxygens (including phenoxy) is 2. The minimum atomic E-state index is 0.0721. The summed E-state index contributed by atoms with van der Waals surface area (Å²) in [5.74, 6) is 1.62. The van der Waals surface area contributed by atoms with Crippen molar-refractivity contribution in [3.05, 3.63) is 21.7 Å². The van der Waals surface area contributed by atoms with Crippen LogP contribution in [0.1, 0.15) is 30.9 Å². The van der Waals surface area contributed by atoms with Crippen molar-refractivity contribution in [2.45, 2.75) is 31.6 Å². The molecule has 0 bridgehead atoms. The number of benzene rings is 1. The zero-order chi connectivity index (χ0) is 13.3. The number of rotatable bonds is 5. The first-order chi connectivity index (χ1) is 8.63.